The molecule has 62 heavy (non-hydrogen) atoms. The van der Waals surface area contributed by atoms with E-state index < -0.39 is 26.8 Å². The van der Waals surface area contributed by atoms with Crippen molar-refractivity contribution in [2.75, 3.05) is 19.4 Å². The number of ether oxygens (including phenoxy) is 1. The highest BCUT2D eigenvalue weighted by Crippen LogP contribution is 2.76. The quantitative estimate of drug-likeness (QED) is 0.198. The van der Waals surface area contributed by atoms with Crippen LogP contribution >= 0.6 is 0 Å². The Morgan fingerprint density at radius 3 is 2.32 bits per heavy atom. The number of rotatable bonds is 11. The van der Waals surface area contributed by atoms with Crippen LogP contribution in [0, 0.1) is 73.9 Å². The maximum Gasteiger partial charge on any atom is 0.313 e. The number of carbonyl (C=O) groups is 1. The lowest BCUT2D eigenvalue weighted by Gasteiger charge is -2.72. The van der Waals surface area contributed by atoms with E-state index in [1.54, 1.807) is 18.3 Å². The highest BCUT2D eigenvalue weighted by atomic mass is 32.2. The summed E-state index contributed by atoms with van der Waals surface area (Å²) in [6.07, 6.45) is 23.2. The van der Waals surface area contributed by atoms with E-state index in [1.165, 1.54) is 68.8 Å². The Morgan fingerprint density at radius 2 is 1.68 bits per heavy atom. The molecule has 10 atom stereocenters. The van der Waals surface area contributed by atoms with Crippen molar-refractivity contribution in [2.24, 2.45) is 62.6 Å². The number of hydrogen-bond acceptors (Lipinski definition) is 8. The van der Waals surface area contributed by atoms with Crippen LogP contribution in [0.1, 0.15) is 163 Å². The van der Waals surface area contributed by atoms with Gasteiger partial charge in [-0.2, -0.15) is 5.26 Å². The zero-order valence-corrected chi connectivity index (χ0v) is 40.0. The van der Waals surface area contributed by atoms with Gasteiger partial charge in [0.2, 0.25) is 5.88 Å². The molecule has 0 spiro atoms. The average molecular weight is 872 g/mol. The third-order valence-corrected chi connectivity index (χ3v) is 21.9. The van der Waals surface area contributed by atoms with Crippen molar-refractivity contribution in [2.45, 2.75) is 174 Å². The molecule has 0 aliphatic heterocycles. The number of nitrogens with one attached hydrogen (secondary N) is 1. The Kier molecular flexibility index (Phi) is 11.8. The van der Waals surface area contributed by atoms with Crippen LogP contribution in [0.4, 0.5) is 0 Å². The summed E-state index contributed by atoms with van der Waals surface area (Å²) < 4.78 is 30.4. The molecule has 8 rings (SSSR count). The molecule has 0 radical (unpaired) electrons. The van der Waals surface area contributed by atoms with E-state index in [2.05, 4.69) is 77.0 Å². The monoisotopic (exact) mass is 872 g/mol. The minimum Gasteiger partial charge on any atom is -0.481 e. The first-order valence-corrected chi connectivity index (χ1v) is 26.3. The fourth-order valence-electron chi connectivity index (χ4n) is 16.5. The molecule has 1 aromatic rings. The summed E-state index contributed by atoms with van der Waals surface area (Å²) in [6, 6.07) is 5.43. The lowest BCUT2D eigenvalue weighted by molar-refractivity contribution is -0.223. The summed E-state index contributed by atoms with van der Waals surface area (Å²) in [6.45, 7) is 18.7. The number of aliphatic carboxylic acids is 1. The van der Waals surface area contributed by atoms with Crippen molar-refractivity contribution in [1.29, 1.82) is 5.26 Å². The Labute approximate surface area is 373 Å². The Hall–Kier alpha value is -2.74. The molecule has 10 heteroatoms. The van der Waals surface area contributed by atoms with Crippen LogP contribution in [-0.2, 0) is 14.6 Å². The molecule has 3 N–H and O–H groups in total. The largest absolute Gasteiger partial charge is 0.481 e. The number of fused-ring (bicyclic) bond motifs is 7. The molecule has 1 heterocycles. The van der Waals surface area contributed by atoms with Crippen molar-refractivity contribution in [1.82, 2.24) is 10.3 Å². The zero-order chi connectivity index (χ0) is 44.7. The van der Waals surface area contributed by atoms with Crippen molar-refractivity contribution in [3.63, 3.8) is 0 Å². The number of sulfone groups is 1. The Bertz CT molecular complexity index is 2120. The van der Waals surface area contributed by atoms with Gasteiger partial charge in [-0.3, -0.25) is 4.79 Å². The van der Waals surface area contributed by atoms with Gasteiger partial charge in [-0.15, -0.1) is 0 Å². The van der Waals surface area contributed by atoms with Gasteiger partial charge in [0.05, 0.1) is 10.9 Å². The lowest BCUT2D eigenvalue weighted by atomic mass is 9.32. The summed E-state index contributed by atoms with van der Waals surface area (Å²) in [5, 5.41) is 35.6. The van der Waals surface area contributed by atoms with Gasteiger partial charge in [-0.05, 0) is 196 Å². The third kappa shape index (κ3) is 7.33. The fourth-order valence-corrected chi connectivity index (χ4v) is 17.6. The van der Waals surface area contributed by atoms with Gasteiger partial charge in [-0.25, -0.2) is 13.4 Å². The van der Waals surface area contributed by atoms with Crippen molar-refractivity contribution in [3.05, 3.63) is 47.2 Å². The number of pyridine rings is 1. The van der Waals surface area contributed by atoms with Crippen molar-refractivity contribution >= 4 is 15.8 Å². The van der Waals surface area contributed by atoms with Gasteiger partial charge < -0.3 is 20.3 Å². The van der Waals surface area contributed by atoms with Crippen molar-refractivity contribution < 1.29 is 28.2 Å². The van der Waals surface area contributed by atoms with Gasteiger partial charge in [0.25, 0.3) is 0 Å². The average Bonchev–Trinajstić information content (AvgIpc) is 3.60. The number of allylic oxidation sites excluding steroid dienone is 4. The molecule has 0 unspecified atom stereocenters. The molecule has 0 aromatic carbocycles. The second-order valence-corrected chi connectivity index (χ2v) is 25.9. The highest BCUT2D eigenvalue weighted by Gasteiger charge is 2.70. The minimum absolute atomic E-state index is 0.0182. The van der Waals surface area contributed by atoms with E-state index in [1.807, 2.05) is 0 Å². The van der Waals surface area contributed by atoms with E-state index in [-0.39, 0.29) is 44.9 Å². The Morgan fingerprint density at radius 1 is 0.935 bits per heavy atom. The molecule has 0 saturated heterocycles. The first-order valence-electron chi connectivity index (χ1n) is 24.4. The second-order valence-electron chi connectivity index (χ2n) is 23.5. The maximum atomic E-state index is 12.8. The van der Waals surface area contributed by atoms with E-state index in [0.29, 0.717) is 92.4 Å². The molecule has 0 amide bonds. The van der Waals surface area contributed by atoms with Gasteiger partial charge >= 0.3 is 5.97 Å². The molecule has 5 saturated carbocycles. The maximum absolute atomic E-state index is 12.8. The van der Waals surface area contributed by atoms with Gasteiger partial charge in [0.1, 0.15) is 33.5 Å². The number of aromatic nitrogens is 1. The SMILES string of the molecule is CC(C)[C@@H]1CC[C@]2(NCCC3(O)CCC(S(C)(=O)=O)CC3)CC[C@]3(C)[C@H](CC[C@@H]4[C@@]5(C)CC=C(C6=CC[C@](COc7ncccc7C#N)(C(=O)O)CC6)C(C)(C)[C@@H]5CC[C@]43C)[C@@H]12. The molecule has 9 nitrogen and oxygen atoms in total. The molecule has 0 bridgehead atoms. The highest BCUT2D eigenvalue weighted by molar-refractivity contribution is 7.91. The molecular weight excluding hydrogens is 795 g/mol. The molecule has 5 fully saturated rings. The predicted octanol–water partition coefficient (Wildman–Crippen LogP) is 10.2. The van der Waals surface area contributed by atoms with E-state index in [9.17, 15) is 28.7 Å². The summed E-state index contributed by atoms with van der Waals surface area (Å²) in [7, 11) is -3.07. The number of aliphatic hydroxyl groups is 1. The van der Waals surface area contributed by atoms with E-state index >= 15 is 0 Å². The topological polar surface area (TPSA) is 150 Å². The summed E-state index contributed by atoms with van der Waals surface area (Å²) in [5.74, 6) is 3.09. The van der Waals surface area contributed by atoms with Crippen LogP contribution in [0.25, 0.3) is 0 Å². The minimum atomic E-state index is -3.07. The predicted molar refractivity (Wildman–Crippen MR) is 244 cm³/mol. The second kappa shape index (κ2) is 16.0. The number of hydrogen-bond donors (Lipinski definition) is 3. The molecule has 1 aromatic heterocycles. The van der Waals surface area contributed by atoms with Crippen LogP contribution in [0.2, 0.25) is 0 Å². The molecule has 7 aliphatic carbocycles. The molecule has 342 valence electrons. The number of carboxylic acid groups (broad SMARTS) is 1. The van der Waals surface area contributed by atoms with E-state index in [0.717, 1.165) is 13.0 Å². The number of carboxylic acids is 1. The van der Waals surface area contributed by atoms with E-state index in [4.69, 9.17) is 4.74 Å². The molecular formula is C52H77N3O6S. The Balaban J connectivity index is 0.996. The lowest BCUT2D eigenvalue weighted by Crippen LogP contribution is -2.68. The zero-order valence-electron chi connectivity index (χ0n) is 39.2. The smallest absolute Gasteiger partial charge is 0.313 e. The molecule has 7 aliphatic rings. The van der Waals surface area contributed by atoms with Gasteiger partial charge in [-0.1, -0.05) is 60.6 Å². The first kappa shape index (κ1) is 45.8. The van der Waals surface area contributed by atoms with Gasteiger partial charge in [0.15, 0.2) is 0 Å². The number of nitrogens with zero attached hydrogens (tertiary/aromatic N) is 2. The van der Waals surface area contributed by atoms with Crippen LogP contribution in [0.15, 0.2) is 41.6 Å². The van der Waals surface area contributed by atoms with Crippen LogP contribution in [0.5, 0.6) is 5.88 Å². The van der Waals surface area contributed by atoms with Crippen LogP contribution < -0.4 is 10.1 Å². The standard InChI is InChI=1S/C52H77N3O6S/c1-34(2)38-17-26-52(55-31-29-51(58)24-15-37(16-25-51)62(8,59)60)28-27-48(6)40(43(38)52)11-12-42-47(5)20-18-39(46(3,4)41(47)19-21-49(42,48)7)35-13-22-50(23-14-35,45(56)57)33-61-44-36(32-53)10-9-30-54-44/h9-10,13,18,30,34,37-38,40-43,55,58H,11-12,14-17,19-29,31,33H2,1-8H3,(H,56,57)/t37?,38-,40+,41-,42+,43+,47-,48+,49+,50-,51?,52-/m0/s1. The van der Waals surface area contributed by atoms with Crippen LogP contribution in [0.3, 0.4) is 0 Å². The van der Waals surface area contributed by atoms with Gasteiger partial charge in [0, 0.05) is 18.0 Å². The normalized spacial score (nSPS) is 42.6. The van der Waals surface area contributed by atoms with Crippen LogP contribution in [-0.4, -0.2) is 65.4 Å². The first-order chi connectivity index (χ1) is 29.1. The summed E-state index contributed by atoms with van der Waals surface area (Å²) >= 11 is 0. The fraction of sp³-hybridized carbons (Fsp3) is 0.788. The van der Waals surface area contributed by atoms with Crippen molar-refractivity contribution in [3.8, 4) is 11.9 Å². The summed E-state index contributed by atoms with van der Waals surface area (Å²) in [4.78, 5) is 17.0. The number of nitriles is 1. The summed E-state index contributed by atoms with van der Waals surface area (Å²) in [5.41, 5.74) is 1.91. The third-order valence-electron chi connectivity index (χ3n) is 20.2.